The molecule has 2 rings (SSSR count). The maximum absolute atomic E-state index is 11.4. The number of methoxy groups -OCH3 is 1. The number of fused-ring (bicyclic) bond motifs is 1. The average molecular weight is 221 g/mol. The van der Waals surface area contributed by atoms with E-state index >= 15 is 0 Å². The second-order valence-electron chi connectivity index (χ2n) is 3.24. The molecular formula is C11H11NO2S. The molecule has 0 N–H and O–H groups in total. The van der Waals surface area contributed by atoms with Crippen LogP contribution in [0.25, 0.3) is 10.1 Å². The molecule has 0 radical (unpaired) electrons. The second kappa shape index (κ2) is 4.51. The molecule has 0 aliphatic heterocycles. The van der Waals surface area contributed by atoms with Crippen LogP contribution in [0, 0.1) is 0 Å². The van der Waals surface area contributed by atoms with E-state index in [0.29, 0.717) is 6.42 Å². The van der Waals surface area contributed by atoms with Gasteiger partial charge in [-0.2, -0.15) is 0 Å². The van der Waals surface area contributed by atoms with Crippen molar-refractivity contribution < 1.29 is 9.53 Å². The second-order valence-corrected chi connectivity index (χ2v) is 4.19. The van der Waals surface area contributed by atoms with E-state index in [0.717, 1.165) is 11.1 Å². The SMILES string of the molecule is COCC(=O)Cc1nccc2sccc12. The van der Waals surface area contributed by atoms with Gasteiger partial charge in [-0.25, -0.2) is 0 Å². The molecule has 2 aromatic heterocycles. The molecule has 0 unspecified atom stereocenters. The van der Waals surface area contributed by atoms with Crippen LogP contribution in [0.4, 0.5) is 0 Å². The van der Waals surface area contributed by atoms with Crippen molar-refractivity contribution in [3.63, 3.8) is 0 Å². The number of rotatable bonds is 4. The first-order valence-corrected chi connectivity index (χ1v) is 5.51. The third-order valence-corrected chi connectivity index (χ3v) is 3.01. The number of nitrogens with zero attached hydrogens (tertiary/aromatic N) is 1. The molecule has 0 aliphatic carbocycles. The number of hydrogen-bond acceptors (Lipinski definition) is 4. The lowest BCUT2D eigenvalue weighted by Gasteiger charge is -2.01. The molecule has 0 aromatic carbocycles. The standard InChI is InChI=1S/C11H11NO2S/c1-14-7-8(13)6-10-9-3-5-15-11(9)2-4-12-10/h2-5H,6-7H2,1H3. The van der Waals surface area contributed by atoms with E-state index < -0.39 is 0 Å². The zero-order valence-corrected chi connectivity index (χ0v) is 9.21. The van der Waals surface area contributed by atoms with Crippen molar-refractivity contribution in [3.8, 4) is 0 Å². The number of ether oxygens (including phenoxy) is 1. The highest BCUT2D eigenvalue weighted by molar-refractivity contribution is 7.17. The van der Waals surface area contributed by atoms with Crippen LogP contribution in [0.1, 0.15) is 5.69 Å². The first-order valence-electron chi connectivity index (χ1n) is 4.63. The van der Waals surface area contributed by atoms with Crippen LogP contribution in [0.3, 0.4) is 0 Å². The molecule has 2 aromatic rings. The molecule has 0 saturated heterocycles. The summed E-state index contributed by atoms with van der Waals surface area (Å²) in [6, 6.07) is 3.96. The smallest absolute Gasteiger partial charge is 0.164 e. The minimum Gasteiger partial charge on any atom is -0.377 e. The summed E-state index contributed by atoms with van der Waals surface area (Å²) in [4.78, 5) is 15.6. The van der Waals surface area contributed by atoms with Crippen molar-refractivity contribution in [2.75, 3.05) is 13.7 Å². The normalized spacial score (nSPS) is 10.7. The number of thiophene rings is 1. The predicted molar refractivity (Wildman–Crippen MR) is 60.2 cm³/mol. The van der Waals surface area contributed by atoms with Gasteiger partial charge in [-0.15, -0.1) is 11.3 Å². The quantitative estimate of drug-likeness (QED) is 0.793. The molecule has 0 amide bonds. The van der Waals surface area contributed by atoms with Gasteiger partial charge < -0.3 is 4.74 Å². The highest BCUT2D eigenvalue weighted by Crippen LogP contribution is 2.22. The van der Waals surface area contributed by atoms with Crippen LogP contribution in [-0.4, -0.2) is 24.5 Å². The number of Topliss-reactive ketones (excluding diaryl/α,β-unsaturated/α-hetero) is 1. The predicted octanol–water partition coefficient (Wildman–Crippen LogP) is 2.05. The molecular weight excluding hydrogens is 210 g/mol. The van der Waals surface area contributed by atoms with Gasteiger partial charge in [-0.05, 0) is 17.5 Å². The topological polar surface area (TPSA) is 39.2 Å². The van der Waals surface area contributed by atoms with Crippen molar-refractivity contribution in [3.05, 3.63) is 29.4 Å². The van der Waals surface area contributed by atoms with Crippen LogP contribution >= 0.6 is 11.3 Å². The van der Waals surface area contributed by atoms with Crippen LogP contribution in [0.5, 0.6) is 0 Å². The molecule has 0 aliphatic rings. The largest absolute Gasteiger partial charge is 0.377 e. The lowest BCUT2D eigenvalue weighted by atomic mass is 10.1. The summed E-state index contributed by atoms with van der Waals surface area (Å²) in [6.07, 6.45) is 2.09. The van der Waals surface area contributed by atoms with Gasteiger partial charge in [0.2, 0.25) is 0 Å². The molecule has 3 nitrogen and oxygen atoms in total. The van der Waals surface area contributed by atoms with Crippen molar-refractivity contribution >= 4 is 27.2 Å². The molecule has 0 atom stereocenters. The summed E-state index contributed by atoms with van der Waals surface area (Å²) in [5, 5.41) is 3.09. The minimum atomic E-state index is 0.0590. The monoisotopic (exact) mass is 221 g/mol. The van der Waals surface area contributed by atoms with E-state index in [1.54, 1.807) is 17.5 Å². The van der Waals surface area contributed by atoms with E-state index in [1.807, 2.05) is 17.5 Å². The maximum Gasteiger partial charge on any atom is 0.164 e. The lowest BCUT2D eigenvalue weighted by Crippen LogP contribution is -2.10. The van der Waals surface area contributed by atoms with Crippen LogP contribution in [0.2, 0.25) is 0 Å². The molecule has 2 heterocycles. The molecule has 4 heteroatoms. The fourth-order valence-electron chi connectivity index (χ4n) is 1.49. The Morgan fingerprint density at radius 2 is 2.40 bits per heavy atom. The first-order chi connectivity index (χ1) is 7.31. The van der Waals surface area contributed by atoms with Crippen molar-refractivity contribution in [2.45, 2.75) is 6.42 Å². The van der Waals surface area contributed by atoms with E-state index in [9.17, 15) is 4.79 Å². The molecule has 0 spiro atoms. The number of ketones is 1. The highest BCUT2D eigenvalue weighted by atomic mass is 32.1. The number of pyridine rings is 1. The Labute approximate surface area is 91.7 Å². The number of carbonyl (C=O) groups excluding carboxylic acids is 1. The number of hydrogen-bond donors (Lipinski definition) is 0. The third kappa shape index (κ3) is 2.22. The fourth-order valence-corrected chi connectivity index (χ4v) is 2.30. The van der Waals surface area contributed by atoms with Gasteiger partial charge in [0.1, 0.15) is 6.61 Å². The Morgan fingerprint density at radius 1 is 1.53 bits per heavy atom. The van der Waals surface area contributed by atoms with Gasteiger partial charge in [0.25, 0.3) is 0 Å². The molecule has 0 saturated carbocycles. The van der Waals surface area contributed by atoms with E-state index in [4.69, 9.17) is 4.74 Å². The van der Waals surface area contributed by atoms with Gasteiger partial charge in [0.05, 0.1) is 12.1 Å². The van der Waals surface area contributed by atoms with Crippen molar-refractivity contribution in [2.24, 2.45) is 0 Å². The summed E-state index contributed by atoms with van der Waals surface area (Å²) >= 11 is 1.66. The van der Waals surface area contributed by atoms with Crippen LogP contribution < -0.4 is 0 Å². The Hall–Kier alpha value is -1.26. The maximum atomic E-state index is 11.4. The lowest BCUT2D eigenvalue weighted by molar-refractivity contribution is -0.122. The summed E-state index contributed by atoms with van der Waals surface area (Å²) in [5.74, 6) is 0.0590. The van der Waals surface area contributed by atoms with E-state index in [-0.39, 0.29) is 12.4 Å². The van der Waals surface area contributed by atoms with Gasteiger partial charge in [-0.1, -0.05) is 0 Å². The average Bonchev–Trinajstić information content (AvgIpc) is 2.67. The van der Waals surface area contributed by atoms with Gasteiger partial charge in [0, 0.05) is 23.4 Å². The third-order valence-electron chi connectivity index (χ3n) is 2.13. The Balaban J connectivity index is 2.27. The van der Waals surface area contributed by atoms with Crippen molar-refractivity contribution in [1.82, 2.24) is 4.98 Å². The summed E-state index contributed by atoms with van der Waals surface area (Å²) in [7, 11) is 1.52. The van der Waals surface area contributed by atoms with E-state index in [1.165, 1.54) is 11.8 Å². The van der Waals surface area contributed by atoms with Gasteiger partial charge in [0.15, 0.2) is 5.78 Å². The molecule has 78 valence electrons. The van der Waals surface area contributed by atoms with Gasteiger partial charge >= 0.3 is 0 Å². The Morgan fingerprint density at radius 3 is 3.20 bits per heavy atom. The Bertz CT molecular complexity index is 478. The van der Waals surface area contributed by atoms with Crippen molar-refractivity contribution in [1.29, 1.82) is 0 Å². The zero-order valence-electron chi connectivity index (χ0n) is 8.40. The van der Waals surface area contributed by atoms with Gasteiger partial charge in [-0.3, -0.25) is 9.78 Å². The highest BCUT2D eigenvalue weighted by Gasteiger charge is 2.08. The van der Waals surface area contributed by atoms with E-state index in [2.05, 4.69) is 4.98 Å². The minimum absolute atomic E-state index is 0.0590. The summed E-state index contributed by atoms with van der Waals surface area (Å²) < 4.78 is 5.97. The molecule has 0 fully saturated rings. The first kappa shape index (κ1) is 10.3. The summed E-state index contributed by atoms with van der Waals surface area (Å²) in [6.45, 7) is 0.155. The van der Waals surface area contributed by atoms with Crippen LogP contribution in [-0.2, 0) is 16.0 Å². The number of carbonyl (C=O) groups is 1. The fraction of sp³-hybridized carbons (Fsp3) is 0.273. The Kier molecular flexibility index (Phi) is 3.08. The number of aromatic nitrogens is 1. The summed E-state index contributed by atoms with van der Waals surface area (Å²) in [5.41, 5.74) is 0.843. The molecule has 15 heavy (non-hydrogen) atoms. The van der Waals surface area contributed by atoms with Crippen LogP contribution in [0.15, 0.2) is 23.7 Å². The molecule has 0 bridgehead atoms. The zero-order chi connectivity index (χ0) is 10.7.